The maximum Gasteiger partial charge on any atom is 0.254 e. The monoisotopic (exact) mass is 393 g/mol. The lowest BCUT2D eigenvalue weighted by Crippen LogP contribution is -2.47. The molecule has 0 unspecified atom stereocenters. The average Bonchev–Trinajstić information content (AvgIpc) is 3.30. The van der Waals surface area contributed by atoms with Crippen molar-refractivity contribution in [3.05, 3.63) is 48.3 Å². The van der Waals surface area contributed by atoms with E-state index in [0.717, 1.165) is 44.5 Å². The second kappa shape index (κ2) is 9.03. The molecule has 7 heteroatoms. The quantitative estimate of drug-likeness (QED) is 0.815. The molecule has 2 amide bonds. The van der Waals surface area contributed by atoms with E-state index in [1.54, 1.807) is 0 Å². The second-order valence-electron chi connectivity index (χ2n) is 7.84. The number of nitrogens with one attached hydrogen (secondary N) is 2. The number of para-hydroxylation sites is 1. The predicted octanol–water partition coefficient (Wildman–Crippen LogP) is 3.13. The largest absolute Gasteiger partial charge is 0.349 e. The van der Waals surface area contributed by atoms with Crippen LogP contribution in [0.25, 0.3) is 0 Å². The zero-order valence-electron chi connectivity index (χ0n) is 16.5. The first kappa shape index (κ1) is 19.4. The number of rotatable bonds is 5. The molecule has 2 heterocycles. The van der Waals surface area contributed by atoms with Crippen molar-refractivity contribution in [3.63, 3.8) is 0 Å². The number of piperidine rings is 1. The zero-order valence-corrected chi connectivity index (χ0v) is 16.5. The van der Waals surface area contributed by atoms with E-state index in [-0.39, 0.29) is 17.9 Å². The summed E-state index contributed by atoms with van der Waals surface area (Å²) in [4.78, 5) is 35.5. The van der Waals surface area contributed by atoms with Crippen LogP contribution in [0.1, 0.15) is 48.9 Å². The third kappa shape index (κ3) is 4.91. The van der Waals surface area contributed by atoms with Gasteiger partial charge >= 0.3 is 0 Å². The van der Waals surface area contributed by atoms with Crippen LogP contribution in [0.2, 0.25) is 0 Å². The molecule has 2 fully saturated rings. The SMILES string of the molecule is O=C(NC1CCN(C(=O)C2CCCC2)CC1)c1cnc(Nc2ccccc2)nc1. The van der Waals surface area contributed by atoms with E-state index in [2.05, 4.69) is 20.6 Å². The summed E-state index contributed by atoms with van der Waals surface area (Å²) < 4.78 is 0. The van der Waals surface area contributed by atoms with E-state index in [1.165, 1.54) is 25.2 Å². The molecular weight excluding hydrogens is 366 g/mol. The van der Waals surface area contributed by atoms with Gasteiger partial charge in [-0.1, -0.05) is 31.0 Å². The van der Waals surface area contributed by atoms with E-state index in [9.17, 15) is 9.59 Å². The number of hydrogen-bond donors (Lipinski definition) is 2. The van der Waals surface area contributed by atoms with Crippen LogP contribution in [0.15, 0.2) is 42.7 Å². The van der Waals surface area contributed by atoms with Gasteiger partial charge in [0.25, 0.3) is 5.91 Å². The van der Waals surface area contributed by atoms with Crippen LogP contribution >= 0.6 is 0 Å². The minimum atomic E-state index is -0.170. The summed E-state index contributed by atoms with van der Waals surface area (Å²) >= 11 is 0. The molecule has 29 heavy (non-hydrogen) atoms. The molecule has 7 nitrogen and oxygen atoms in total. The lowest BCUT2D eigenvalue weighted by atomic mass is 10.0. The van der Waals surface area contributed by atoms with Gasteiger partial charge in [0.1, 0.15) is 0 Å². The Morgan fingerprint density at radius 3 is 2.24 bits per heavy atom. The van der Waals surface area contributed by atoms with Gasteiger partial charge in [0.2, 0.25) is 11.9 Å². The summed E-state index contributed by atoms with van der Waals surface area (Å²) in [7, 11) is 0. The molecule has 1 aliphatic carbocycles. The maximum atomic E-state index is 12.5. The number of benzene rings is 1. The van der Waals surface area contributed by atoms with Crippen LogP contribution in [-0.2, 0) is 4.79 Å². The van der Waals surface area contributed by atoms with Gasteiger partial charge < -0.3 is 15.5 Å². The molecule has 1 saturated heterocycles. The number of carbonyl (C=O) groups excluding carboxylic acids is 2. The first-order valence-electron chi connectivity index (χ1n) is 10.4. The average molecular weight is 393 g/mol. The lowest BCUT2D eigenvalue weighted by molar-refractivity contribution is -0.136. The highest BCUT2D eigenvalue weighted by Gasteiger charge is 2.30. The summed E-state index contributed by atoms with van der Waals surface area (Å²) in [5.41, 5.74) is 1.33. The number of aromatic nitrogens is 2. The van der Waals surface area contributed by atoms with Gasteiger partial charge in [0, 0.05) is 43.1 Å². The van der Waals surface area contributed by atoms with Crippen molar-refractivity contribution in [1.29, 1.82) is 0 Å². The van der Waals surface area contributed by atoms with Crippen LogP contribution in [0.3, 0.4) is 0 Å². The highest BCUT2D eigenvalue weighted by molar-refractivity contribution is 5.93. The molecule has 0 bridgehead atoms. The molecule has 1 aromatic heterocycles. The van der Waals surface area contributed by atoms with E-state index < -0.39 is 0 Å². The van der Waals surface area contributed by atoms with Crippen molar-refractivity contribution < 1.29 is 9.59 Å². The molecule has 1 aliphatic heterocycles. The van der Waals surface area contributed by atoms with Crippen molar-refractivity contribution in [1.82, 2.24) is 20.2 Å². The molecule has 1 aromatic carbocycles. The number of nitrogens with zero attached hydrogens (tertiary/aromatic N) is 3. The topological polar surface area (TPSA) is 87.2 Å². The van der Waals surface area contributed by atoms with Crippen molar-refractivity contribution in [2.75, 3.05) is 18.4 Å². The normalized spacial score (nSPS) is 17.9. The fourth-order valence-electron chi connectivity index (χ4n) is 4.10. The van der Waals surface area contributed by atoms with E-state index in [4.69, 9.17) is 0 Å². The van der Waals surface area contributed by atoms with Gasteiger partial charge in [-0.25, -0.2) is 9.97 Å². The van der Waals surface area contributed by atoms with Crippen molar-refractivity contribution in [3.8, 4) is 0 Å². The number of carbonyl (C=O) groups is 2. The van der Waals surface area contributed by atoms with Crippen LogP contribution in [-0.4, -0.2) is 45.8 Å². The molecule has 0 atom stereocenters. The molecule has 1 saturated carbocycles. The molecule has 0 radical (unpaired) electrons. The van der Waals surface area contributed by atoms with Crippen LogP contribution < -0.4 is 10.6 Å². The number of anilines is 2. The first-order chi connectivity index (χ1) is 14.2. The molecule has 2 aliphatic rings. The molecule has 0 spiro atoms. The molecule has 2 N–H and O–H groups in total. The summed E-state index contributed by atoms with van der Waals surface area (Å²) in [6, 6.07) is 9.72. The van der Waals surface area contributed by atoms with Crippen molar-refractivity contribution >= 4 is 23.5 Å². The molecule has 2 aromatic rings. The minimum absolute atomic E-state index is 0.0808. The van der Waals surface area contributed by atoms with Crippen LogP contribution in [0, 0.1) is 5.92 Å². The molecular formula is C22H27N5O2. The van der Waals surface area contributed by atoms with Crippen LogP contribution in [0.5, 0.6) is 0 Å². The highest BCUT2D eigenvalue weighted by Crippen LogP contribution is 2.27. The Hall–Kier alpha value is -2.96. The Kier molecular flexibility index (Phi) is 6.03. The Balaban J connectivity index is 1.26. The summed E-state index contributed by atoms with van der Waals surface area (Å²) in [6.07, 6.45) is 9.06. The van der Waals surface area contributed by atoms with Crippen LogP contribution in [0.4, 0.5) is 11.6 Å². The number of likely N-dealkylation sites (tertiary alicyclic amines) is 1. The minimum Gasteiger partial charge on any atom is -0.349 e. The Morgan fingerprint density at radius 1 is 0.931 bits per heavy atom. The zero-order chi connectivity index (χ0) is 20.1. The van der Waals surface area contributed by atoms with E-state index in [0.29, 0.717) is 17.4 Å². The Bertz CT molecular complexity index is 826. The van der Waals surface area contributed by atoms with E-state index >= 15 is 0 Å². The summed E-state index contributed by atoms with van der Waals surface area (Å²) in [5.74, 6) is 0.812. The Labute approximate surface area is 170 Å². The Morgan fingerprint density at radius 2 is 1.59 bits per heavy atom. The van der Waals surface area contributed by atoms with Gasteiger partial charge in [0.05, 0.1) is 5.56 Å². The molecule has 4 rings (SSSR count). The second-order valence-corrected chi connectivity index (χ2v) is 7.84. The fourth-order valence-corrected chi connectivity index (χ4v) is 4.10. The highest BCUT2D eigenvalue weighted by atomic mass is 16.2. The predicted molar refractivity (Wildman–Crippen MR) is 111 cm³/mol. The fraction of sp³-hybridized carbons (Fsp3) is 0.455. The number of amides is 2. The van der Waals surface area contributed by atoms with Gasteiger partial charge in [-0.05, 0) is 37.8 Å². The summed E-state index contributed by atoms with van der Waals surface area (Å²) in [5, 5.41) is 6.15. The third-order valence-electron chi connectivity index (χ3n) is 5.79. The van der Waals surface area contributed by atoms with Gasteiger partial charge in [0.15, 0.2) is 0 Å². The van der Waals surface area contributed by atoms with E-state index in [1.807, 2.05) is 35.2 Å². The standard InChI is InChI=1S/C22H27N5O2/c28-20(17-14-23-22(24-15-17)26-18-8-2-1-3-9-18)25-19-10-12-27(13-11-19)21(29)16-6-4-5-7-16/h1-3,8-9,14-16,19H,4-7,10-13H2,(H,25,28)(H,23,24,26). The first-order valence-corrected chi connectivity index (χ1v) is 10.4. The lowest BCUT2D eigenvalue weighted by Gasteiger charge is -2.33. The van der Waals surface area contributed by atoms with Gasteiger partial charge in [-0.15, -0.1) is 0 Å². The van der Waals surface area contributed by atoms with Gasteiger partial charge in [-0.3, -0.25) is 9.59 Å². The van der Waals surface area contributed by atoms with Gasteiger partial charge in [-0.2, -0.15) is 0 Å². The maximum absolute atomic E-state index is 12.5. The van der Waals surface area contributed by atoms with Crippen molar-refractivity contribution in [2.24, 2.45) is 5.92 Å². The third-order valence-corrected chi connectivity index (χ3v) is 5.79. The number of hydrogen-bond acceptors (Lipinski definition) is 5. The molecule has 152 valence electrons. The summed E-state index contributed by atoms with van der Waals surface area (Å²) in [6.45, 7) is 1.44. The smallest absolute Gasteiger partial charge is 0.254 e. The van der Waals surface area contributed by atoms with Crippen molar-refractivity contribution in [2.45, 2.75) is 44.6 Å².